The molecular formula is C15H34N2O. The molecule has 1 N–H and O–H groups in total. The summed E-state index contributed by atoms with van der Waals surface area (Å²) in [7, 11) is 4.29. The lowest BCUT2D eigenvalue weighted by Gasteiger charge is -2.33. The third kappa shape index (κ3) is 7.34. The van der Waals surface area contributed by atoms with Crippen molar-refractivity contribution in [3.8, 4) is 0 Å². The van der Waals surface area contributed by atoms with E-state index in [1.165, 1.54) is 25.9 Å². The highest BCUT2D eigenvalue weighted by Crippen LogP contribution is 2.19. The first-order valence-electron chi connectivity index (χ1n) is 6.98. The molecule has 2 aliphatic rings. The van der Waals surface area contributed by atoms with E-state index in [0.717, 1.165) is 31.8 Å². The Morgan fingerprint density at radius 2 is 1.33 bits per heavy atom. The zero-order valence-corrected chi connectivity index (χ0v) is 12.1. The summed E-state index contributed by atoms with van der Waals surface area (Å²) in [6.45, 7) is 8.94. The van der Waals surface area contributed by atoms with Crippen molar-refractivity contribution in [1.29, 1.82) is 0 Å². The van der Waals surface area contributed by atoms with Crippen LogP contribution >= 0.6 is 0 Å². The molecule has 0 bridgehead atoms. The minimum atomic E-state index is -0.382. The second-order valence-corrected chi connectivity index (χ2v) is 6.29. The molecule has 0 aromatic rings. The van der Waals surface area contributed by atoms with E-state index in [9.17, 15) is 5.11 Å². The maximum Gasteiger partial charge on any atom is 0.0644 e. The van der Waals surface area contributed by atoms with Gasteiger partial charge in [-0.1, -0.05) is 14.4 Å². The fourth-order valence-corrected chi connectivity index (χ4v) is 2.24. The van der Waals surface area contributed by atoms with Crippen LogP contribution in [0, 0.1) is 5.92 Å². The van der Waals surface area contributed by atoms with Crippen LogP contribution in [0.4, 0.5) is 0 Å². The molecule has 2 fully saturated rings. The Morgan fingerprint density at radius 1 is 0.944 bits per heavy atom. The minimum Gasteiger partial charge on any atom is -0.390 e. The zero-order valence-electron chi connectivity index (χ0n) is 12.1. The Labute approximate surface area is 114 Å². The van der Waals surface area contributed by atoms with Crippen LogP contribution in [0.15, 0.2) is 0 Å². The number of likely N-dealkylation sites (tertiary alicyclic amines) is 2. The molecular weight excluding hydrogens is 224 g/mol. The topological polar surface area (TPSA) is 26.7 Å². The summed E-state index contributed by atoms with van der Waals surface area (Å²) in [4.78, 5) is 4.65. The smallest absolute Gasteiger partial charge is 0.0644 e. The highest BCUT2D eigenvalue weighted by molar-refractivity contribution is 4.79. The Kier molecular flexibility index (Phi) is 8.08. The van der Waals surface area contributed by atoms with Gasteiger partial charge in [-0.3, -0.25) is 0 Å². The van der Waals surface area contributed by atoms with Crippen molar-refractivity contribution in [1.82, 2.24) is 9.80 Å². The number of nitrogens with zero attached hydrogens (tertiary/aromatic N) is 2. The SMILES string of the molecule is C.CC1CCN(C)CC1.CN1CCC(C)(O)CC1. The molecule has 0 aliphatic carbocycles. The van der Waals surface area contributed by atoms with E-state index in [2.05, 4.69) is 30.8 Å². The van der Waals surface area contributed by atoms with Crippen LogP contribution in [-0.4, -0.2) is 60.8 Å². The van der Waals surface area contributed by atoms with Crippen molar-refractivity contribution < 1.29 is 5.11 Å². The summed E-state index contributed by atoms with van der Waals surface area (Å²) in [5.41, 5.74) is -0.382. The summed E-state index contributed by atoms with van der Waals surface area (Å²) in [6, 6.07) is 0. The highest BCUT2D eigenvalue weighted by Gasteiger charge is 2.24. The molecule has 2 saturated heterocycles. The van der Waals surface area contributed by atoms with Gasteiger partial charge in [-0.15, -0.1) is 0 Å². The van der Waals surface area contributed by atoms with Crippen molar-refractivity contribution in [2.45, 2.75) is 52.6 Å². The average Bonchev–Trinajstić information content (AvgIpc) is 2.28. The Balaban J connectivity index is 0.000000306. The molecule has 0 atom stereocenters. The maximum atomic E-state index is 9.47. The van der Waals surface area contributed by atoms with Gasteiger partial charge in [0.1, 0.15) is 0 Å². The van der Waals surface area contributed by atoms with Crippen molar-refractivity contribution >= 4 is 0 Å². The molecule has 18 heavy (non-hydrogen) atoms. The molecule has 0 aromatic carbocycles. The summed E-state index contributed by atoms with van der Waals surface area (Å²) >= 11 is 0. The van der Waals surface area contributed by atoms with Gasteiger partial charge >= 0.3 is 0 Å². The lowest BCUT2D eigenvalue weighted by Crippen LogP contribution is -2.40. The Bertz CT molecular complexity index is 191. The predicted octanol–water partition coefficient (Wildman–Crippen LogP) is 2.45. The number of piperidine rings is 2. The number of aliphatic hydroxyl groups is 1. The van der Waals surface area contributed by atoms with Gasteiger partial charge < -0.3 is 14.9 Å². The molecule has 0 amide bonds. The monoisotopic (exact) mass is 258 g/mol. The molecule has 3 nitrogen and oxygen atoms in total. The van der Waals surface area contributed by atoms with Crippen LogP contribution in [0.1, 0.15) is 47.0 Å². The molecule has 0 saturated carbocycles. The molecule has 110 valence electrons. The van der Waals surface area contributed by atoms with E-state index in [1.54, 1.807) is 0 Å². The minimum absolute atomic E-state index is 0. The van der Waals surface area contributed by atoms with Gasteiger partial charge in [0.05, 0.1) is 5.60 Å². The predicted molar refractivity (Wildman–Crippen MR) is 80.0 cm³/mol. The molecule has 0 radical (unpaired) electrons. The molecule has 2 aliphatic heterocycles. The fraction of sp³-hybridized carbons (Fsp3) is 1.00. The molecule has 3 heteroatoms. The van der Waals surface area contributed by atoms with Crippen LogP contribution < -0.4 is 0 Å². The van der Waals surface area contributed by atoms with Gasteiger partial charge in [0.2, 0.25) is 0 Å². The fourth-order valence-electron chi connectivity index (χ4n) is 2.24. The first-order chi connectivity index (χ1) is 7.89. The molecule has 0 unspecified atom stereocenters. The third-order valence-electron chi connectivity index (χ3n) is 4.07. The summed E-state index contributed by atoms with van der Waals surface area (Å²) < 4.78 is 0. The van der Waals surface area contributed by atoms with Crippen LogP contribution in [0.5, 0.6) is 0 Å². The largest absolute Gasteiger partial charge is 0.390 e. The molecule has 0 spiro atoms. The highest BCUT2D eigenvalue weighted by atomic mass is 16.3. The van der Waals surface area contributed by atoms with Gasteiger partial charge in [-0.25, -0.2) is 0 Å². The normalized spacial score (nSPS) is 25.8. The quantitative estimate of drug-likeness (QED) is 0.723. The number of hydrogen-bond acceptors (Lipinski definition) is 3. The van der Waals surface area contributed by atoms with Crippen LogP contribution in [0.25, 0.3) is 0 Å². The van der Waals surface area contributed by atoms with Gasteiger partial charge in [0, 0.05) is 13.1 Å². The van der Waals surface area contributed by atoms with E-state index >= 15 is 0 Å². The van der Waals surface area contributed by atoms with Crippen molar-refractivity contribution in [2.75, 3.05) is 40.3 Å². The molecule has 2 rings (SSSR count). The van der Waals surface area contributed by atoms with Gasteiger partial charge in [0.25, 0.3) is 0 Å². The van der Waals surface area contributed by atoms with Crippen molar-refractivity contribution in [3.05, 3.63) is 0 Å². The maximum absolute atomic E-state index is 9.47. The number of hydrogen-bond donors (Lipinski definition) is 1. The van der Waals surface area contributed by atoms with Crippen LogP contribution in [-0.2, 0) is 0 Å². The summed E-state index contributed by atoms with van der Waals surface area (Å²) in [6.07, 6.45) is 4.64. The van der Waals surface area contributed by atoms with E-state index in [-0.39, 0.29) is 13.0 Å². The van der Waals surface area contributed by atoms with E-state index < -0.39 is 0 Å². The average molecular weight is 258 g/mol. The third-order valence-corrected chi connectivity index (χ3v) is 4.07. The second-order valence-electron chi connectivity index (χ2n) is 6.29. The van der Waals surface area contributed by atoms with Crippen LogP contribution in [0.2, 0.25) is 0 Å². The van der Waals surface area contributed by atoms with E-state index in [0.29, 0.717) is 0 Å². The first kappa shape index (κ1) is 17.9. The standard InChI is InChI=1S/C7H15NO.C7H15N.CH4/c1-7(9)3-5-8(2)6-4-7;1-7-3-5-8(2)6-4-7;/h9H,3-6H2,1-2H3;7H,3-6H2,1-2H3;1H4. The Hall–Kier alpha value is -0.120. The summed E-state index contributed by atoms with van der Waals surface area (Å²) in [5.74, 6) is 0.978. The lowest BCUT2D eigenvalue weighted by atomic mass is 9.94. The first-order valence-corrected chi connectivity index (χ1v) is 6.98. The summed E-state index contributed by atoms with van der Waals surface area (Å²) in [5, 5.41) is 9.47. The van der Waals surface area contributed by atoms with Gasteiger partial charge in [0.15, 0.2) is 0 Å². The van der Waals surface area contributed by atoms with E-state index in [1.807, 2.05) is 6.92 Å². The lowest BCUT2D eigenvalue weighted by molar-refractivity contribution is 0.000999. The van der Waals surface area contributed by atoms with E-state index in [4.69, 9.17) is 0 Å². The molecule has 0 aromatic heterocycles. The zero-order chi connectivity index (χ0) is 12.9. The number of rotatable bonds is 0. The van der Waals surface area contributed by atoms with Crippen LogP contribution in [0.3, 0.4) is 0 Å². The molecule has 2 heterocycles. The second kappa shape index (κ2) is 8.13. The van der Waals surface area contributed by atoms with Crippen molar-refractivity contribution in [3.63, 3.8) is 0 Å². The van der Waals surface area contributed by atoms with Gasteiger partial charge in [-0.2, -0.15) is 0 Å². The Morgan fingerprint density at radius 3 is 1.67 bits per heavy atom. The van der Waals surface area contributed by atoms with Gasteiger partial charge in [-0.05, 0) is 65.7 Å². The van der Waals surface area contributed by atoms with Crippen molar-refractivity contribution in [2.24, 2.45) is 5.92 Å².